The number of anilines is 2. The molecular formula is C28H26N2O5S. The summed E-state index contributed by atoms with van der Waals surface area (Å²) < 4.78 is 10.7. The summed E-state index contributed by atoms with van der Waals surface area (Å²) in [5.41, 5.74) is 1.43. The second kappa shape index (κ2) is 11.6. The molecule has 0 saturated heterocycles. The highest BCUT2D eigenvalue weighted by Gasteiger charge is 2.40. The highest BCUT2D eigenvalue weighted by Crippen LogP contribution is 2.39. The molecule has 0 fully saturated rings. The van der Waals surface area contributed by atoms with Crippen LogP contribution in [-0.2, 0) is 14.3 Å². The first-order valence-electron chi connectivity index (χ1n) is 11.6. The van der Waals surface area contributed by atoms with E-state index in [0.29, 0.717) is 29.3 Å². The molecule has 184 valence electrons. The van der Waals surface area contributed by atoms with Crippen LogP contribution >= 0.6 is 11.8 Å². The predicted octanol–water partition coefficient (Wildman–Crippen LogP) is 5.64. The van der Waals surface area contributed by atoms with Crippen LogP contribution in [0.3, 0.4) is 0 Å². The van der Waals surface area contributed by atoms with Crippen molar-refractivity contribution < 1.29 is 23.9 Å². The number of amides is 2. The quantitative estimate of drug-likeness (QED) is 0.218. The molecule has 0 aliphatic carbocycles. The van der Waals surface area contributed by atoms with Gasteiger partial charge >= 0.3 is 5.97 Å². The zero-order valence-corrected chi connectivity index (χ0v) is 20.8. The van der Waals surface area contributed by atoms with Gasteiger partial charge in [-0.3, -0.25) is 9.59 Å². The number of benzene rings is 3. The van der Waals surface area contributed by atoms with Crippen LogP contribution < -0.4 is 15.0 Å². The van der Waals surface area contributed by atoms with Gasteiger partial charge in [0.15, 0.2) is 0 Å². The number of ether oxygens (including phenoxy) is 2. The monoisotopic (exact) mass is 502 g/mol. The lowest BCUT2D eigenvalue weighted by Gasteiger charge is -2.16. The molecule has 3 aromatic carbocycles. The number of rotatable bonds is 10. The summed E-state index contributed by atoms with van der Waals surface area (Å²) in [6.45, 7) is 2.37. The highest BCUT2D eigenvalue weighted by atomic mass is 32.2. The first kappa shape index (κ1) is 25.1. The molecule has 1 N–H and O–H groups in total. The molecule has 0 aromatic heterocycles. The molecule has 1 aliphatic heterocycles. The summed E-state index contributed by atoms with van der Waals surface area (Å²) >= 11 is 1.21. The van der Waals surface area contributed by atoms with Gasteiger partial charge in [-0.1, -0.05) is 55.4 Å². The zero-order valence-electron chi connectivity index (χ0n) is 20.0. The second-order valence-electron chi connectivity index (χ2n) is 7.93. The number of nitrogens with zero attached hydrogens (tertiary/aromatic N) is 1. The van der Waals surface area contributed by atoms with Crippen LogP contribution in [0.2, 0.25) is 0 Å². The number of imide groups is 1. The Kier molecular flexibility index (Phi) is 8.07. The maximum Gasteiger partial charge on any atom is 0.338 e. The van der Waals surface area contributed by atoms with Crippen LogP contribution in [0.15, 0.2) is 94.4 Å². The van der Waals surface area contributed by atoms with Gasteiger partial charge in [0.25, 0.3) is 11.8 Å². The van der Waals surface area contributed by atoms with Crippen molar-refractivity contribution in [3.8, 4) is 5.75 Å². The Labute approximate surface area is 214 Å². The molecule has 36 heavy (non-hydrogen) atoms. The van der Waals surface area contributed by atoms with Crippen LogP contribution in [0.4, 0.5) is 11.4 Å². The summed E-state index contributed by atoms with van der Waals surface area (Å²) in [4.78, 5) is 41.5. The van der Waals surface area contributed by atoms with Crippen LogP contribution in [0.1, 0.15) is 30.1 Å². The third-order valence-electron chi connectivity index (χ3n) is 5.46. The van der Waals surface area contributed by atoms with Crippen molar-refractivity contribution in [1.82, 2.24) is 0 Å². The molecule has 0 atom stereocenters. The summed E-state index contributed by atoms with van der Waals surface area (Å²) in [5.74, 6) is -0.850. The van der Waals surface area contributed by atoms with Gasteiger partial charge in [-0.15, -0.1) is 0 Å². The van der Waals surface area contributed by atoms with Crippen molar-refractivity contribution in [2.75, 3.05) is 23.9 Å². The van der Waals surface area contributed by atoms with E-state index in [4.69, 9.17) is 9.47 Å². The lowest BCUT2D eigenvalue weighted by molar-refractivity contribution is -0.120. The average Bonchev–Trinajstić information content (AvgIpc) is 3.13. The van der Waals surface area contributed by atoms with Crippen LogP contribution in [0.25, 0.3) is 0 Å². The first-order valence-corrected chi connectivity index (χ1v) is 12.4. The molecule has 1 aliphatic rings. The average molecular weight is 503 g/mol. The first-order chi connectivity index (χ1) is 17.5. The number of carbonyl (C=O) groups excluding carboxylic acids is 3. The Bertz CT molecular complexity index is 1290. The van der Waals surface area contributed by atoms with Crippen molar-refractivity contribution in [1.29, 1.82) is 0 Å². The number of para-hydroxylation sites is 2. The molecule has 0 saturated carbocycles. The van der Waals surface area contributed by atoms with E-state index >= 15 is 0 Å². The molecule has 8 heteroatoms. The number of carbonyl (C=O) groups is 3. The summed E-state index contributed by atoms with van der Waals surface area (Å²) in [6, 6.07) is 22.8. The smallest absolute Gasteiger partial charge is 0.338 e. The van der Waals surface area contributed by atoms with Crippen molar-refractivity contribution in [2.45, 2.75) is 24.7 Å². The highest BCUT2D eigenvalue weighted by molar-refractivity contribution is 8.04. The number of esters is 1. The number of unbranched alkanes of at least 4 members (excludes halogenated alkanes) is 1. The van der Waals surface area contributed by atoms with Gasteiger partial charge in [0.2, 0.25) is 0 Å². The number of nitrogens with one attached hydrogen (secondary N) is 1. The largest absolute Gasteiger partial charge is 0.495 e. The maximum atomic E-state index is 13.6. The van der Waals surface area contributed by atoms with Gasteiger partial charge in [0, 0.05) is 4.90 Å². The Morgan fingerprint density at radius 1 is 0.917 bits per heavy atom. The lowest BCUT2D eigenvalue weighted by Crippen LogP contribution is -2.32. The molecule has 0 bridgehead atoms. The van der Waals surface area contributed by atoms with Crippen molar-refractivity contribution >= 4 is 40.9 Å². The van der Waals surface area contributed by atoms with Crippen molar-refractivity contribution in [3.63, 3.8) is 0 Å². The lowest BCUT2D eigenvalue weighted by atomic mass is 10.2. The molecule has 3 aromatic rings. The van der Waals surface area contributed by atoms with Gasteiger partial charge in [-0.25, -0.2) is 9.69 Å². The SMILES string of the molecule is CCCCOC(=O)c1ccc(N2C(=O)C(Nc3ccccc3OC)=C(Sc3ccccc3)C2=O)cc1. The van der Waals surface area contributed by atoms with Crippen LogP contribution in [0.5, 0.6) is 5.75 Å². The van der Waals surface area contributed by atoms with Gasteiger partial charge in [0.05, 0.1) is 30.7 Å². The van der Waals surface area contributed by atoms with E-state index in [0.717, 1.165) is 22.6 Å². The minimum atomic E-state index is -0.498. The maximum absolute atomic E-state index is 13.6. The summed E-state index contributed by atoms with van der Waals surface area (Å²) in [7, 11) is 1.54. The molecule has 0 radical (unpaired) electrons. The Balaban J connectivity index is 1.64. The van der Waals surface area contributed by atoms with Crippen LogP contribution in [0, 0.1) is 0 Å². The van der Waals surface area contributed by atoms with Crippen LogP contribution in [-0.4, -0.2) is 31.5 Å². The standard InChI is InChI=1S/C28H26N2O5S/c1-3-4-18-35-28(33)19-14-16-20(17-15-19)30-26(31)24(29-22-12-8-9-13-23(22)34-2)25(27(30)32)36-21-10-6-5-7-11-21/h5-17,29H,3-4,18H2,1-2H3. The third kappa shape index (κ3) is 5.44. The van der Waals surface area contributed by atoms with Crippen molar-refractivity contribution in [3.05, 3.63) is 95.0 Å². The van der Waals surface area contributed by atoms with E-state index in [-0.39, 0.29) is 10.6 Å². The normalized spacial score (nSPS) is 13.2. The fourth-order valence-corrected chi connectivity index (χ4v) is 4.53. The number of hydrogen-bond acceptors (Lipinski definition) is 7. The van der Waals surface area contributed by atoms with Gasteiger partial charge < -0.3 is 14.8 Å². The predicted molar refractivity (Wildman–Crippen MR) is 140 cm³/mol. The minimum absolute atomic E-state index is 0.154. The molecular weight excluding hydrogens is 476 g/mol. The topological polar surface area (TPSA) is 84.9 Å². The fourth-order valence-electron chi connectivity index (χ4n) is 3.58. The number of thioether (sulfide) groups is 1. The molecule has 4 rings (SSSR count). The number of hydrogen-bond donors (Lipinski definition) is 1. The van der Waals surface area contributed by atoms with E-state index < -0.39 is 17.8 Å². The molecule has 1 heterocycles. The molecule has 0 unspecified atom stereocenters. The van der Waals surface area contributed by atoms with Gasteiger partial charge in [0.1, 0.15) is 16.4 Å². The van der Waals surface area contributed by atoms with Gasteiger partial charge in [-0.2, -0.15) is 0 Å². The molecule has 2 amide bonds. The summed E-state index contributed by atoms with van der Waals surface area (Å²) in [5, 5.41) is 3.12. The van der Waals surface area contributed by atoms with E-state index in [1.807, 2.05) is 49.4 Å². The Hall–Kier alpha value is -4.04. The van der Waals surface area contributed by atoms with Crippen molar-refractivity contribution in [2.24, 2.45) is 0 Å². The fraction of sp³-hybridized carbons (Fsp3) is 0.179. The molecule has 7 nitrogen and oxygen atoms in total. The Morgan fingerprint density at radius 2 is 1.61 bits per heavy atom. The number of methoxy groups -OCH3 is 1. The molecule has 0 spiro atoms. The minimum Gasteiger partial charge on any atom is -0.495 e. The Morgan fingerprint density at radius 3 is 2.31 bits per heavy atom. The second-order valence-corrected chi connectivity index (χ2v) is 9.01. The summed E-state index contributed by atoms with van der Waals surface area (Å²) in [6.07, 6.45) is 1.71. The van der Waals surface area contributed by atoms with E-state index in [1.54, 1.807) is 36.4 Å². The van der Waals surface area contributed by atoms with Gasteiger partial charge in [-0.05, 0) is 55.0 Å². The zero-order chi connectivity index (χ0) is 25.5. The van der Waals surface area contributed by atoms with E-state index in [9.17, 15) is 14.4 Å². The van der Waals surface area contributed by atoms with E-state index in [1.165, 1.54) is 18.9 Å². The van der Waals surface area contributed by atoms with E-state index in [2.05, 4.69) is 5.32 Å². The third-order valence-corrected chi connectivity index (χ3v) is 6.55.